The van der Waals surface area contributed by atoms with Crippen LogP contribution in [0.5, 0.6) is 5.75 Å². The molecule has 0 aliphatic heterocycles. The molecule has 0 aliphatic rings. The van der Waals surface area contributed by atoms with Crippen LogP contribution < -0.4 is 10.1 Å². The number of hydrogen-bond acceptors (Lipinski definition) is 3. The third-order valence-electron chi connectivity index (χ3n) is 3.32. The van der Waals surface area contributed by atoms with Crippen molar-refractivity contribution in [2.75, 3.05) is 13.8 Å². The Kier molecular flexibility index (Phi) is 7.96. The molecule has 0 aromatic heterocycles. The molecule has 0 saturated carbocycles. The van der Waals surface area contributed by atoms with Crippen LogP contribution >= 0.6 is 0 Å². The summed E-state index contributed by atoms with van der Waals surface area (Å²) in [6, 6.07) is 6.39. The first-order chi connectivity index (χ1) is 10.6. The lowest BCUT2D eigenvalue weighted by Crippen LogP contribution is -2.42. The van der Waals surface area contributed by atoms with Crippen LogP contribution in [0.25, 0.3) is 0 Å². The number of carbonyl (C=O) groups excluding carboxylic acids is 1. The van der Waals surface area contributed by atoms with Gasteiger partial charge in [-0.05, 0) is 37.0 Å². The summed E-state index contributed by atoms with van der Waals surface area (Å²) in [5.74, 6) is -0.953. The van der Waals surface area contributed by atoms with E-state index in [4.69, 9.17) is 9.84 Å². The molecule has 0 fully saturated rings. The lowest BCUT2D eigenvalue weighted by Gasteiger charge is -2.10. The molecule has 0 heterocycles. The number of aryl methyl sites for hydroxylation is 1. The van der Waals surface area contributed by atoms with Gasteiger partial charge in [-0.25, -0.2) is 9.18 Å². The van der Waals surface area contributed by atoms with Crippen LogP contribution in [-0.4, -0.2) is 36.8 Å². The maximum absolute atomic E-state index is 12.3. The highest BCUT2D eigenvalue weighted by molar-refractivity contribution is 5.83. The van der Waals surface area contributed by atoms with Crippen molar-refractivity contribution in [2.45, 2.75) is 38.1 Å². The predicted molar refractivity (Wildman–Crippen MR) is 80.7 cm³/mol. The number of methoxy groups -OCH3 is 1. The smallest absolute Gasteiger partial charge is 0.328 e. The van der Waals surface area contributed by atoms with E-state index in [2.05, 4.69) is 5.32 Å². The highest BCUT2D eigenvalue weighted by Gasteiger charge is 2.18. The van der Waals surface area contributed by atoms with Crippen LogP contribution in [0, 0.1) is 0 Å². The Morgan fingerprint density at radius 1 is 1.23 bits per heavy atom. The molecule has 0 bridgehead atoms. The van der Waals surface area contributed by atoms with Crippen molar-refractivity contribution in [1.29, 1.82) is 0 Å². The van der Waals surface area contributed by atoms with Gasteiger partial charge >= 0.3 is 5.97 Å². The molecule has 0 aliphatic carbocycles. The molecule has 2 N–H and O–H groups in total. The first kappa shape index (κ1) is 17.9. The predicted octanol–water partition coefficient (Wildman–Crippen LogP) is 2.34. The molecule has 0 saturated heterocycles. The van der Waals surface area contributed by atoms with E-state index in [1.807, 2.05) is 24.3 Å². The highest BCUT2D eigenvalue weighted by Crippen LogP contribution is 2.14. The zero-order valence-corrected chi connectivity index (χ0v) is 12.7. The molecule has 0 spiro atoms. The van der Waals surface area contributed by atoms with Crippen molar-refractivity contribution in [3.8, 4) is 5.75 Å². The van der Waals surface area contributed by atoms with Crippen molar-refractivity contribution in [3.05, 3.63) is 29.8 Å². The minimum atomic E-state index is -1.44. The van der Waals surface area contributed by atoms with Gasteiger partial charge in [0.2, 0.25) is 5.91 Å². The van der Waals surface area contributed by atoms with E-state index in [1.54, 1.807) is 7.11 Å². The van der Waals surface area contributed by atoms with E-state index in [0.717, 1.165) is 25.0 Å². The molecule has 0 radical (unpaired) electrons. The monoisotopic (exact) mass is 311 g/mol. The van der Waals surface area contributed by atoms with Gasteiger partial charge in [0.25, 0.3) is 0 Å². The molecular weight excluding hydrogens is 289 g/mol. The average Bonchev–Trinajstić information content (AvgIpc) is 2.52. The van der Waals surface area contributed by atoms with E-state index in [0.29, 0.717) is 6.42 Å². The molecule has 1 atom stereocenters. The van der Waals surface area contributed by atoms with Crippen LogP contribution in [0.15, 0.2) is 24.3 Å². The summed E-state index contributed by atoms with van der Waals surface area (Å²) in [5, 5.41) is 10.8. The molecule has 1 unspecified atom stereocenters. The van der Waals surface area contributed by atoms with Crippen molar-refractivity contribution in [2.24, 2.45) is 0 Å². The third-order valence-corrected chi connectivity index (χ3v) is 3.32. The Morgan fingerprint density at radius 2 is 1.91 bits per heavy atom. The fraction of sp³-hybridized carbons (Fsp3) is 0.500. The number of carboxylic acid groups (broad SMARTS) is 1. The minimum absolute atomic E-state index is 0.215. The first-order valence-corrected chi connectivity index (χ1v) is 7.28. The van der Waals surface area contributed by atoms with Gasteiger partial charge in [-0.2, -0.15) is 0 Å². The quantitative estimate of drug-likeness (QED) is 0.650. The van der Waals surface area contributed by atoms with Gasteiger partial charge in [-0.15, -0.1) is 0 Å². The second-order valence-electron chi connectivity index (χ2n) is 5.02. The zero-order valence-electron chi connectivity index (χ0n) is 12.7. The number of hydrogen-bond donors (Lipinski definition) is 2. The number of amides is 1. The van der Waals surface area contributed by atoms with Crippen molar-refractivity contribution in [1.82, 2.24) is 5.32 Å². The number of carbonyl (C=O) groups is 2. The van der Waals surface area contributed by atoms with Gasteiger partial charge in [0.1, 0.15) is 12.4 Å². The molecule has 1 amide bonds. The molecule has 1 rings (SSSR count). The fourth-order valence-corrected chi connectivity index (χ4v) is 2.02. The SMILES string of the molecule is COc1ccc(CCCCCC(=O)NC(CF)C(=O)O)cc1. The number of halogens is 1. The number of aliphatic carboxylic acids is 1. The Hall–Kier alpha value is -2.11. The fourth-order valence-electron chi connectivity index (χ4n) is 2.02. The van der Waals surface area contributed by atoms with E-state index in [-0.39, 0.29) is 6.42 Å². The second kappa shape index (κ2) is 9.76. The van der Waals surface area contributed by atoms with Crippen molar-refractivity contribution in [3.63, 3.8) is 0 Å². The van der Waals surface area contributed by atoms with E-state index < -0.39 is 24.6 Å². The summed E-state index contributed by atoms with van der Waals surface area (Å²) in [6.07, 6.45) is 3.57. The summed E-state index contributed by atoms with van der Waals surface area (Å²) >= 11 is 0. The maximum Gasteiger partial charge on any atom is 0.328 e. The first-order valence-electron chi connectivity index (χ1n) is 7.28. The lowest BCUT2D eigenvalue weighted by atomic mass is 10.1. The molecule has 1 aromatic carbocycles. The second-order valence-corrected chi connectivity index (χ2v) is 5.02. The van der Waals surface area contributed by atoms with Crippen LogP contribution in [0.2, 0.25) is 0 Å². The largest absolute Gasteiger partial charge is 0.497 e. The van der Waals surface area contributed by atoms with Crippen LogP contribution in [-0.2, 0) is 16.0 Å². The van der Waals surface area contributed by atoms with Crippen molar-refractivity contribution >= 4 is 11.9 Å². The minimum Gasteiger partial charge on any atom is -0.497 e. The molecule has 6 heteroatoms. The van der Waals surface area contributed by atoms with Crippen molar-refractivity contribution < 1.29 is 23.8 Å². The number of carboxylic acids is 1. The molecule has 22 heavy (non-hydrogen) atoms. The average molecular weight is 311 g/mol. The standard InChI is InChI=1S/C16H22FNO4/c1-22-13-9-7-12(8-10-13)5-3-2-4-6-15(19)18-14(11-17)16(20)21/h7-10,14H,2-6,11H2,1H3,(H,18,19)(H,20,21). The zero-order chi connectivity index (χ0) is 16.4. The third kappa shape index (κ3) is 6.56. The number of alkyl halides is 1. The van der Waals surface area contributed by atoms with E-state index >= 15 is 0 Å². The van der Waals surface area contributed by atoms with Gasteiger partial charge in [0.05, 0.1) is 7.11 Å². The van der Waals surface area contributed by atoms with E-state index in [9.17, 15) is 14.0 Å². The van der Waals surface area contributed by atoms with Gasteiger partial charge in [-0.1, -0.05) is 18.6 Å². The van der Waals surface area contributed by atoms with Gasteiger partial charge in [0.15, 0.2) is 6.04 Å². The Balaban J connectivity index is 2.16. The molecule has 5 nitrogen and oxygen atoms in total. The summed E-state index contributed by atoms with van der Waals surface area (Å²) < 4.78 is 17.4. The number of benzene rings is 1. The number of rotatable bonds is 10. The van der Waals surface area contributed by atoms with Gasteiger partial charge < -0.3 is 15.2 Å². The number of unbranched alkanes of at least 4 members (excludes halogenated alkanes) is 2. The van der Waals surface area contributed by atoms with Crippen LogP contribution in [0.4, 0.5) is 4.39 Å². The summed E-state index contributed by atoms with van der Waals surface area (Å²) in [7, 11) is 1.62. The van der Waals surface area contributed by atoms with Gasteiger partial charge in [0, 0.05) is 6.42 Å². The summed E-state index contributed by atoms with van der Waals surface area (Å²) in [5.41, 5.74) is 1.20. The normalized spacial score (nSPS) is 11.7. The molecule has 1 aromatic rings. The lowest BCUT2D eigenvalue weighted by molar-refractivity contribution is -0.142. The summed E-state index contributed by atoms with van der Waals surface area (Å²) in [6.45, 7) is -1.10. The maximum atomic E-state index is 12.3. The summed E-state index contributed by atoms with van der Waals surface area (Å²) in [4.78, 5) is 22.0. The topological polar surface area (TPSA) is 75.6 Å². The highest BCUT2D eigenvalue weighted by atomic mass is 19.1. The van der Waals surface area contributed by atoms with Crippen LogP contribution in [0.3, 0.4) is 0 Å². The molecular formula is C16H22FNO4. The Morgan fingerprint density at radius 3 is 2.45 bits per heavy atom. The Bertz CT molecular complexity index is 476. The molecule has 122 valence electrons. The Labute approximate surface area is 129 Å². The number of nitrogens with one attached hydrogen (secondary N) is 1. The number of ether oxygens (including phenoxy) is 1. The van der Waals surface area contributed by atoms with E-state index in [1.165, 1.54) is 5.56 Å². The van der Waals surface area contributed by atoms with Crippen LogP contribution in [0.1, 0.15) is 31.2 Å². The van der Waals surface area contributed by atoms with Gasteiger partial charge in [-0.3, -0.25) is 4.79 Å².